The molecule has 7 bridgehead atoms. The predicted molar refractivity (Wildman–Crippen MR) is 152 cm³/mol. The van der Waals surface area contributed by atoms with Crippen LogP contribution in [-0.4, -0.2) is 108 Å². The largest absolute Gasteiger partial charge is 0.453 e. The maximum Gasteiger partial charge on any atom is 0.411 e. The lowest BCUT2D eigenvalue weighted by Crippen LogP contribution is -2.86. The summed E-state index contributed by atoms with van der Waals surface area (Å²) in [5.41, 5.74) is -0.494. The third kappa shape index (κ3) is 3.51. The second kappa shape index (κ2) is 9.84. The summed E-state index contributed by atoms with van der Waals surface area (Å²) in [6.45, 7) is 2.02. The van der Waals surface area contributed by atoms with E-state index in [-0.39, 0.29) is 42.1 Å². The van der Waals surface area contributed by atoms with Crippen LogP contribution in [0.5, 0.6) is 0 Å². The summed E-state index contributed by atoms with van der Waals surface area (Å²) in [5.74, 6) is -1.27. The number of ether oxygens (including phenoxy) is 5. The Bertz CT molecular complexity index is 1310. The summed E-state index contributed by atoms with van der Waals surface area (Å²) in [7, 11) is 6.23. The molecule has 1 aromatic rings. The number of nitrogens with zero attached hydrogens (tertiary/aromatic N) is 1. The first kappa shape index (κ1) is 29.4. The number of hydrogen-bond acceptors (Lipinski definition) is 11. The lowest BCUT2D eigenvalue weighted by Gasteiger charge is -2.67. The Kier molecular flexibility index (Phi) is 6.73. The van der Waals surface area contributed by atoms with Gasteiger partial charge < -0.3 is 33.9 Å². The van der Waals surface area contributed by atoms with Crippen LogP contribution in [0.2, 0.25) is 0 Å². The van der Waals surface area contributed by atoms with Gasteiger partial charge in [0, 0.05) is 45.5 Å². The van der Waals surface area contributed by atoms with Crippen molar-refractivity contribution >= 4 is 17.7 Å². The van der Waals surface area contributed by atoms with Crippen LogP contribution in [0.15, 0.2) is 24.3 Å². The number of hydrazine groups is 1. The molecule has 43 heavy (non-hydrogen) atoms. The van der Waals surface area contributed by atoms with E-state index < -0.39 is 52.5 Å². The number of rotatable bonds is 6. The Morgan fingerprint density at radius 1 is 1.02 bits per heavy atom. The standard InChI is InChI=1S/C31H43N3O9/c1-16-29(43-26(35)18-8-6-7-9-20(18)32-27(36)42-5)11-10-17(39-2)14-28-22(29)13-24(34(28)33-16)30(37)15-21(40-3)19-12-23(28)31(30,38)25(19)41-4/h6-9,16-17,19,21-25,33,37-38H,10-15H2,1-5H3,(H,32,36)/t16-,17-,19?,21?,22?,23+,24+,25-,28?,29+,30-,31-/m0/s1. The minimum Gasteiger partial charge on any atom is -0.453 e. The van der Waals surface area contributed by atoms with Crippen LogP contribution in [0, 0.1) is 17.8 Å². The van der Waals surface area contributed by atoms with Gasteiger partial charge in [-0.15, -0.1) is 0 Å². The molecule has 12 heteroatoms. The summed E-state index contributed by atoms with van der Waals surface area (Å²) in [6.07, 6.45) is 1.48. The molecule has 6 aliphatic rings. The van der Waals surface area contributed by atoms with Gasteiger partial charge in [0.05, 0.1) is 54.3 Å². The zero-order valence-corrected chi connectivity index (χ0v) is 25.4. The number of hydrogen-bond donors (Lipinski definition) is 4. The molecule has 7 rings (SSSR count). The number of aliphatic hydroxyl groups is 2. The van der Waals surface area contributed by atoms with Crippen molar-refractivity contribution in [2.45, 2.75) is 98.2 Å². The van der Waals surface area contributed by atoms with Crippen LogP contribution < -0.4 is 10.7 Å². The minimum atomic E-state index is -1.52. The Morgan fingerprint density at radius 3 is 2.49 bits per heavy atom. The number of carbonyl (C=O) groups excluding carboxylic acids is 2. The molecule has 3 heterocycles. The zero-order valence-electron chi connectivity index (χ0n) is 25.4. The predicted octanol–water partition coefficient (Wildman–Crippen LogP) is 1.84. The molecule has 4 N–H and O–H groups in total. The lowest BCUT2D eigenvalue weighted by molar-refractivity contribution is -0.325. The van der Waals surface area contributed by atoms with E-state index in [0.717, 1.165) is 0 Å². The molecule has 3 aliphatic heterocycles. The maximum atomic E-state index is 14.1. The van der Waals surface area contributed by atoms with Gasteiger partial charge in [-0.3, -0.25) is 5.32 Å². The van der Waals surface area contributed by atoms with E-state index in [1.165, 1.54) is 7.11 Å². The smallest absolute Gasteiger partial charge is 0.411 e. The minimum absolute atomic E-state index is 0.101. The number of nitrogens with one attached hydrogen (secondary N) is 2. The molecule has 3 saturated heterocycles. The average Bonchev–Trinajstić information content (AvgIpc) is 3.36. The summed E-state index contributed by atoms with van der Waals surface area (Å²) < 4.78 is 29.5. The number of para-hydroxylation sites is 1. The molecule has 1 amide bonds. The van der Waals surface area contributed by atoms with Crippen LogP contribution in [-0.2, 0) is 23.7 Å². The maximum absolute atomic E-state index is 14.1. The number of carbonyl (C=O) groups is 2. The quantitative estimate of drug-likeness (QED) is 0.354. The summed E-state index contributed by atoms with van der Waals surface area (Å²) in [4.78, 5) is 26.2. The molecule has 1 spiro atoms. The van der Waals surface area contributed by atoms with Crippen molar-refractivity contribution in [3.63, 3.8) is 0 Å². The van der Waals surface area contributed by atoms with Crippen molar-refractivity contribution < 1.29 is 43.5 Å². The van der Waals surface area contributed by atoms with Crippen molar-refractivity contribution in [1.82, 2.24) is 10.4 Å². The average molecular weight is 602 g/mol. The summed E-state index contributed by atoms with van der Waals surface area (Å²) in [5, 5.41) is 30.3. The first-order valence-corrected chi connectivity index (χ1v) is 15.3. The monoisotopic (exact) mass is 601 g/mol. The molecule has 13 atom stereocenters. The van der Waals surface area contributed by atoms with Crippen molar-refractivity contribution in [3.8, 4) is 0 Å². The highest BCUT2D eigenvalue weighted by Crippen LogP contribution is 2.73. The van der Waals surface area contributed by atoms with Gasteiger partial charge in [-0.2, -0.15) is 0 Å². The number of fused-ring (bicyclic) bond motifs is 2. The van der Waals surface area contributed by atoms with E-state index in [0.29, 0.717) is 37.8 Å². The second-order valence-corrected chi connectivity index (χ2v) is 13.5. The van der Waals surface area contributed by atoms with E-state index in [4.69, 9.17) is 23.7 Å². The fourth-order valence-corrected chi connectivity index (χ4v) is 10.7. The van der Waals surface area contributed by atoms with Crippen molar-refractivity contribution in [2.24, 2.45) is 17.8 Å². The molecule has 5 unspecified atom stereocenters. The van der Waals surface area contributed by atoms with Crippen LogP contribution in [0.25, 0.3) is 0 Å². The fourth-order valence-electron chi connectivity index (χ4n) is 10.7. The van der Waals surface area contributed by atoms with Crippen molar-refractivity contribution in [3.05, 3.63) is 29.8 Å². The van der Waals surface area contributed by atoms with Gasteiger partial charge in [0.25, 0.3) is 0 Å². The van der Waals surface area contributed by atoms with Gasteiger partial charge in [-0.25, -0.2) is 20.0 Å². The van der Waals surface area contributed by atoms with Gasteiger partial charge in [-0.05, 0) is 51.2 Å². The van der Waals surface area contributed by atoms with Crippen LogP contribution in [0.3, 0.4) is 0 Å². The van der Waals surface area contributed by atoms with Crippen LogP contribution in [0.4, 0.5) is 10.5 Å². The lowest BCUT2D eigenvalue weighted by atomic mass is 9.56. The van der Waals surface area contributed by atoms with Crippen molar-refractivity contribution in [1.29, 1.82) is 0 Å². The van der Waals surface area contributed by atoms with E-state index in [1.807, 2.05) is 6.92 Å². The van der Waals surface area contributed by atoms with Gasteiger partial charge in [0.1, 0.15) is 16.8 Å². The number of methoxy groups -OCH3 is 4. The molecular weight excluding hydrogens is 558 g/mol. The van der Waals surface area contributed by atoms with Crippen molar-refractivity contribution in [2.75, 3.05) is 33.8 Å². The van der Waals surface area contributed by atoms with Gasteiger partial charge in [0.15, 0.2) is 0 Å². The molecule has 6 fully saturated rings. The number of anilines is 1. The first-order chi connectivity index (χ1) is 20.5. The molecule has 236 valence electrons. The molecule has 12 nitrogen and oxygen atoms in total. The van der Waals surface area contributed by atoms with Gasteiger partial charge in [0.2, 0.25) is 0 Å². The fraction of sp³-hybridized carbons (Fsp3) is 0.742. The van der Waals surface area contributed by atoms with Crippen LogP contribution in [0.1, 0.15) is 55.8 Å². The summed E-state index contributed by atoms with van der Waals surface area (Å²) in [6, 6.07) is 5.93. The molecular formula is C31H43N3O9. The highest BCUT2D eigenvalue weighted by molar-refractivity contribution is 5.99. The Labute approximate surface area is 251 Å². The highest BCUT2D eigenvalue weighted by atomic mass is 16.6. The van der Waals surface area contributed by atoms with E-state index in [1.54, 1.807) is 45.6 Å². The third-order valence-corrected chi connectivity index (χ3v) is 12.3. The molecule has 0 aromatic heterocycles. The Morgan fingerprint density at radius 2 is 1.79 bits per heavy atom. The second-order valence-electron chi connectivity index (χ2n) is 13.5. The summed E-state index contributed by atoms with van der Waals surface area (Å²) >= 11 is 0. The first-order valence-electron chi connectivity index (χ1n) is 15.3. The molecule has 0 radical (unpaired) electrons. The number of benzene rings is 1. The Balaban J connectivity index is 1.36. The normalized spacial score (nSPS) is 48.8. The third-order valence-electron chi connectivity index (χ3n) is 12.3. The van der Waals surface area contributed by atoms with E-state index >= 15 is 0 Å². The highest BCUT2D eigenvalue weighted by Gasteiger charge is 2.87. The van der Waals surface area contributed by atoms with Crippen LogP contribution >= 0.6 is 0 Å². The number of piperidine rings is 1. The topological polar surface area (TPSA) is 148 Å². The van der Waals surface area contributed by atoms with Gasteiger partial charge in [-0.1, -0.05) is 12.1 Å². The molecule has 3 aliphatic carbocycles. The molecule has 3 saturated carbocycles. The zero-order chi connectivity index (χ0) is 30.5. The number of esters is 1. The number of amides is 1. The van der Waals surface area contributed by atoms with E-state index in [9.17, 15) is 19.8 Å². The Hall–Kier alpha value is -2.32. The SMILES string of the molecule is COC(=O)Nc1ccccc1C(=O)O[C@@]12CC[C@H](OC)CC34C1C[C@@H](N3N[C@H]2C)[C@@]1(O)CC(OC)C2C[C@H]4[C@]1(O)[C@H]2OC. The molecule has 1 aromatic carbocycles. The van der Waals surface area contributed by atoms with Gasteiger partial charge >= 0.3 is 12.1 Å². The van der Waals surface area contributed by atoms with E-state index in [2.05, 4.69) is 15.8 Å².